The molecular weight excluding hydrogens is 332 g/mol. The molecule has 3 fully saturated rings. The quantitative estimate of drug-likeness (QED) is 0.621. The number of ether oxygens (including phenoxy) is 3. The highest BCUT2D eigenvalue weighted by molar-refractivity contribution is 5.97. The normalized spacial score (nSPS) is 51.3. The van der Waals surface area contributed by atoms with Crippen LogP contribution >= 0.6 is 0 Å². The van der Waals surface area contributed by atoms with Crippen LogP contribution in [0.15, 0.2) is 11.5 Å². The molecule has 0 radical (unpaired) electrons. The van der Waals surface area contributed by atoms with Crippen LogP contribution in [0.4, 0.5) is 0 Å². The van der Waals surface area contributed by atoms with Gasteiger partial charge in [0.1, 0.15) is 17.8 Å². The molecule has 5 aliphatic rings. The predicted octanol–water partition coefficient (Wildman–Crippen LogP) is 3.16. The number of rotatable bonds is 0. The maximum atomic E-state index is 13.4. The van der Waals surface area contributed by atoms with Gasteiger partial charge in [0.2, 0.25) is 0 Å². The summed E-state index contributed by atoms with van der Waals surface area (Å²) in [5, 5.41) is 0. The van der Waals surface area contributed by atoms with Crippen molar-refractivity contribution < 1.29 is 23.8 Å². The third-order valence-corrected chi connectivity index (χ3v) is 8.12. The van der Waals surface area contributed by atoms with Crippen molar-refractivity contribution in [2.24, 2.45) is 22.7 Å². The fraction of sp³-hybridized carbons (Fsp3) is 0.810. The van der Waals surface area contributed by atoms with E-state index in [2.05, 4.69) is 27.7 Å². The molecule has 5 nitrogen and oxygen atoms in total. The van der Waals surface area contributed by atoms with Gasteiger partial charge in [-0.2, -0.15) is 0 Å². The molecule has 26 heavy (non-hydrogen) atoms. The molecule has 1 saturated heterocycles. The van der Waals surface area contributed by atoms with Crippen LogP contribution in [0.5, 0.6) is 0 Å². The molecule has 0 aromatic rings. The van der Waals surface area contributed by atoms with Gasteiger partial charge < -0.3 is 14.2 Å². The minimum atomic E-state index is -0.532. The van der Waals surface area contributed by atoms with E-state index in [9.17, 15) is 9.59 Å². The van der Waals surface area contributed by atoms with Gasteiger partial charge >= 0.3 is 0 Å². The molecule has 2 aliphatic carbocycles. The summed E-state index contributed by atoms with van der Waals surface area (Å²) in [5.74, 6) is 0.958. The first kappa shape index (κ1) is 16.8. The lowest BCUT2D eigenvalue weighted by molar-refractivity contribution is -0.207. The van der Waals surface area contributed by atoms with Crippen LogP contribution in [0.2, 0.25) is 0 Å². The van der Waals surface area contributed by atoms with E-state index in [1.165, 1.54) is 0 Å². The number of carbonyl (C=O) groups is 2. The van der Waals surface area contributed by atoms with Crippen molar-refractivity contribution in [3.63, 3.8) is 0 Å². The molecule has 7 atom stereocenters. The smallest absolute Gasteiger partial charge is 0.286 e. The highest BCUT2D eigenvalue weighted by atomic mass is 16.7. The zero-order valence-corrected chi connectivity index (χ0v) is 16.3. The van der Waals surface area contributed by atoms with E-state index in [0.717, 1.165) is 12.8 Å². The minimum absolute atomic E-state index is 0.0228. The molecule has 5 heteroatoms. The van der Waals surface area contributed by atoms with E-state index in [0.29, 0.717) is 24.4 Å². The second-order valence-corrected chi connectivity index (χ2v) is 10.0. The summed E-state index contributed by atoms with van der Waals surface area (Å²) < 4.78 is 18.0. The number of fused-ring (bicyclic) bond motifs is 4. The molecule has 0 bridgehead atoms. The number of carbonyl (C=O) groups excluding carboxylic acids is 2. The Bertz CT molecular complexity index is 752. The Kier molecular flexibility index (Phi) is 3.05. The van der Waals surface area contributed by atoms with Crippen LogP contribution in [-0.4, -0.2) is 35.5 Å². The summed E-state index contributed by atoms with van der Waals surface area (Å²) in [6.45, 7) is 10.6. The molecule has 0 spiro atoms. The molecule has 0 N–H and O–H groups in total. The molecule has 3 heterocycles. The van der Waals surface area contributed by atoms with E-state index >= 15 is 0 Å². The third-order valence-electron chi connectivity index (χ3n) is 8.12. The molecule has 0 unspecified atom stereocenters. The second kappa shape index (κ2) is 4.73. The average Bonchev–Trinajstić information content (AvgIpc) is 3.32. The van der Waals surface area contributed by atoms with Crippen LogP contribution in [0.1, 0.15) is 60.3 Å². The number of hydrogen-bond acceptors (Lipinski definition) is 5. The molecule has 0 amide bonds. The van der Waals surface area contributed by atoms with Crippen molar-refractivity contribution in [2.45, 2.75) is 84.2 Å². The van der Waals surface area contributed by atoms with Crippen molar-refractivity contribution in [1.82, 2.24) is 0 Å². The molecule has 3 aliphatic heterocycles. The monoisotopic (exact) mass is 360 g/mol. The minimum Gasteiger partial charge on any atom is -0.462 e. The van der Waals surface area contributed by atoms with Crippen LogP contribution in [0.3, 0.4) is 0 Å². The Labute approximate surface area is 154 Å². The standard InChI is InChI=1S/C21H28O5/c1-10-8-12(22)11-9-14-20(4,26-18(11)24-10)7-6-13-19(2,3)17-15(25-17)16(23)21(13,14)5/h10,13-15,17H,6-9H2,1-5H3/t10-,13-,14+,15-,17-,20-,21-/m1/s1. The van der Waals surface area contributed by atoms with Crippen molar-refractivity contribution in [2.75, 3.05) is 0 Å². The van der Waals surface area contributed by atoms with Crippen molar-refractivity contribution in [1.29, 1.82) is 0 Å². The first-order valence-electron chi connectivity index (χ1n) is 9.91. The lowest BCUT2D eigenvalue weighted by Crippen LogP contribution is -2.65. The van der Waals surface area contributed by atoms with Crippen LogP contribution in [0.25, 0.3) is 0 Å². The maximum Gasteiger partial charge on any atom is 0.286 e. The number of epoxide rings is 1. The highest BCUT2D eigenvalue weighted by Gasteiger charge is 2.74. The fourth-order valence-electron chi connectivity index (χ4n) is 6.69. The van der Waals surface area contributed by atoms with E-state index in [1.54, 1.807) is 0 Å². The summed E-state index contributed by atoms with van der Waals surface area (Å²) in [6.07, 6.45) is 2.39. The second-order valence-electron chi connectivity index (χ2n) is 10.0. The third kappa shape index (κ3) is 1.85. The first-order chi connectivity index (χ1) is 12.1. The predicted molar refractivity (Wildman–Crippen MR) is 93.1 cm³/mol. The van der Waals surface area contributed by atoms with E-state index in [1.807, 2.05) is 6.92 Å². The zero-order valence-electron chi connectivity index (χ0n) is 16.3. The summed E-state index contributed by atoms with van der Waals surface area (Å²) in [7, 11) is 0. The lowest BCUT2D eigenvalue weighted by atomic mass is 9.44. The SMILES string of the molecule is C[C@@H]1CC(=O)C2=C(O1)O[C@]1(C)CC[C@@H]3C(C)(C)[C@@H]4O[C@@H]4C(=O)[C@@]3(C)[C@H]1C2. The van der Waals surface area contributed by atoms with E-state index in [4.69, 9.17) is 14.2 Å². The van der Waals surface area contributed by atoms with Crippen LogP contribution in [0, 0.1) is 22.7 Å². The molecule has 2 saturated carbocycles. The average molecular weight is 360 g/mol. The fourth-order valence-corrected chi connectivity index (χ4v) is 6.69. The Morgan fingerprint density at radius 2 is 1.77 bits per heavy atom. The molecule has 142 valence electrons. The van der Waals surface area contributed by atoms with Crippen LogP contribution in [-0.2, 0) is 23.8 Å². The van der Waals surface area contributed by atoms with Gasteiger partial charge in [0.05, 0.1) is 11.7 Å². The summed E-state index contributed by atoms with van der Waals surface area (Å²) in [5.41, 5.74) is -0.396. The molecule has 0 aromatic carbocycles. The molecular formula is C21H28O5. The Balaban J connectivity index is 1.60. The van der Waals surface area contributed by atoms with Gasteiger partial charge in [-0.25, -0.2) is 0 Å². The topological polar surface area (TPSA) is 65.1 Å². The van der Waals surface area contributed by atoms with E-state index in [-0.39, 0.29) is 47.1 Å². The van der Waals surface area contributed by atoms with Crippen molar-refractivity contribution in [3.05, 3.63) is 11.5 Å². The Hall–Kier alpha value is -1.36. The summed E-state index contributed by atoms with van der Waals surface area (Å²) in [4.78, 5) is 26.0. The molecule has 0 aromatic heterocycles. The number of hydrogen-bond donors (Lipinski definition) is 0. The van der Waals surface area contributed by atoms with Crippen molar-refractivity contribution in [3.8, 4) is 0 Å². The van der Waals surface area contributed by atoms with Gasteiger partial charge in [0.25, 0.3) is 5.95 Å². The summed E-state index contributed by atoms with van der Waals surface area (Å²) in [6, 6.07) is 0. The molecule has 5 rings (SSSR count). The van der Waals surface area contributed by atoms with Crippen molar-refractivity contribution >= 4 is 11.6 Å². The highest BCUT2D eigenvalue weighted by Crippen LogP contribution is 2.67. The van der Waals surface area contributed by atoms with Gasteiger partial charge in [0, 0.05) is 17.8 Å². The van der Waals surface area contributed by atoms with Crippen LogP contribution < -0.4 is 0 Å². The number of ketones is 2. The Morgan fingerprint density at radius 3 is 2.50 bits per heavy atom. The number of Topliss-reactive ketones (excluding diaryl/α,β-unsaturated/α-hetero) is 2. The largest absolute Gasteiger partial charge is 0.462 e. The first-order valence-corrected chi connectivity index (χ1v) is 9.91. The van der Waals surface area contributed by atoms with Gasteiger partial charge in [0.15, 0.2) is 11.6 Å². The zero-order chi connectivity index (χ0) is 18.6. The Morgan fingerprint density at radius 1 is 1.04 bits per heavy atom. The summed E-state index contributed by atoms with van der Waals surface area (Å²) >= 11 is 0. The van der Waals surface area contributed by atoms with Gasteiger partial charge in [-0.1, -0.05) is 20.8 Å². The van der Waals surface area contributed by atoms with Gasteiger partial charge in [-0.3, -0.25) is 9.59 Å². The van der Waals surface area contributed by atoms with Gasteiger partial charge in [-0.15, -0.1) is 0 Å². The maximum absolute atomic E-state index is 13.4. The van der Waals surface area contributed by atoms with Gasteiger partial charge in [-0.05, 0) is 44.4 Å². The van der Waals surface area contributed by atoms with E-state index < -0.39 is 11.0 Å². The number of allylic oxidation sites excluding steroid dienone is 1. The lowest BCUT2D eigenvalue weighted by Gasteiger charge is -2.61.